The molecule has 28 heavy (non-hydrogen) atoms. The summed E-state index contributed by atoms with van der Waals surface area (Å²) in [6, 6.07) is 14.7. The molecule has 1 saturated heterocycles. The molecule has 1 N–H and O–H groups in total. The molecular formula is C22H25ClN2O3. The van der Waals surface area contributed by atoms with Crippen LogP contribution in [0.15, 0.2) is 48.5 Å². The van der Waals surface area contributed by atoms with E-state index < -0.39 is 0 Å². The monoisotopic (exact) mass is 400 g/mol. The number of hydrogen-bond acceptors (Lipinski definition) is 3. The molecule has 0 radical (unpaired) electrons. The van der Waals surface area contributed by atoms with Crippen molar-refractivity contribution >= 4 is 23.4 Å². The van der Waals surface area contributed by atoms with Gasteiger partial charge in [0, 0.05) is 25.6 Å². The SMILES string of the molecule is CCCNC(=O)C1CN(C(=O)c2ccccc2Cl)CC1c1ccc(OC)cc1. The maximum Gasteiger partial charge on any atom is 0.255 e. The quantitative estimate of drug-likeness (QED) is 0.803. The summed E-state index contributed by atoms with van der Waals surface area (Å²) in [5.74, 6) is 0.227. The van der Waals surface area contributed by atoms with Gasteiger partial charge in [-0.1, -0.05) is 42.8 Å². The Bertz CT molecular complexity index is 838. The smallest absolute Gasteiger partial charge is 0.255 e. The second-order valence-corrected chi connectivity index (χ2v) is 7.37. The van der Waals surface area contributed by atoms with E-state index in [0.717, 1.165) is 17.7 Å². The van der Waals surface area contributed by atoms with Crippen LogP contribution in [0, 0.1) is 5.92 Å². The Morgan fingerprint density at radius 3 is 2.50 bits per heavy atom. The highest BCUT2D eigenvalue weighted by Crippen LogP contribution is 2.35. The van der Waals surface area contributed by atoms with Gasteiger partial charge in [-0.15, -0.1) is 0 Å². The van der Waals surface area contributed by atoms with Crippen LogP contribution in [0.25, 0.3) is 0 Å². The predicted molar refractivity (Wildman–Crippen MR) is 110 cm³/mol. The van der Waals surface area contributed by atoms with Crippen LogP contribution in [-0.2, 0) is 4.79 Å². The van der Waals surface area contributed by atoms with E-state index in [0.29, 0.717) is 30.2 Å². The molecule has 2 aromatic carbocycles. The molecule has 0 aliphatic carbocycles. The summed E-state index contributed by atoms with van der Waals surface area (Å²) >= 11 is 6.21. The van der Waals surface area contributed by atoms with Gasteiger partial charge in [0.25, 0.3) is 5.91 Å². The molecule has 2 atom stereocenters. The Hall–Kier alpha value is -2.53. The first-order valence-corrected chi connectivity index (χ1v) is 9.88. The molecule has 5 nitrogen and oxygen atoms in total. The zero-order chi connectivity index (χ0) is 20.1. The van der Waals surface area contributed by atoms with Crippen LogP contribution in [0.3, 0.4) is 0 Å². The number of carbonyl (C=O) groups excluding carboxylic acids is 2. The predicted octanol–water partition coefficient (Wildman–Crippen LogP) is 3.73. The molecule has 2 aromatic rings. The number of benzene rings is 2. The summed E-state index contributed by atoms with van der Waals surface area (Å²) in [7, 11) is 1.62. The van der Waals surface area contributed by atoms with E-state index >= 15 is 0 Å². The maximum absolute atomic E-state index is 13.0. The number of amides is 2. The molecule has 0 bridgehead atoms. The standard InChI is InChI=1S/C22H25ClN2O3/c1-3-12-24-21(26)19-14-25(22(27)17-6-4-5-7-20(17)23)13-18(19)15-8-10-16(28-2)11-9-15/h4-11,18-19H,3,12-14H2,1-2H3,(H,24,26). The van der Waals surface area contributed by atoms with E-state index in [2.05, 4.69) is 5.32 Å². The fourth-order valence-corrected chi connectivity index (χ4v) is 3.83. The van der Waals surface area contributed by atoms with Crippen LogP contribution in [-0.4, -0.2) is 43.5 Å². The molecule has 1 fully saturated rings. The van der Waals surface area contributed by atoms with Crippen molar-refractivity contribution in [1.29, 1.82) is 0 Å². The molecule has 2 unspecified atom stereocenters. The van der Waals surface area contributed by atoms with Crippen molar-refractivity contribution in [2.24, 2.45) is 5.92 Å². The minimum atomic E-state index is -0.300. The highest BCUT2D eigenvalue weighted by Gasteiger charge is 2.40. The van der Waals surface area contributed by atoms with E-state index in [1.165, 1.54) is 0 Å². The van der Waals surface area contributed by atoms with Crippen molar-refractivity contribution < 1.29 is 14.3 Å². The van der Waals surface area contributed by atoms with Gasteiger partial charge in [-0.3, -0.25) is 9.59 Å². The number of hydrogen-bond donors (Lipinski definition) is 1. The number of rotatable bonds is 6. The second kappa shape index (κ2) is 9.11. The Morgan fingerprint density at radius 1 is 1.14 bits per heavy atom. The number of methoxy groups -OCH3 is 1. The molecule has 0 spiro atoms. The Balaban J connectivity index is 1.86. The van der Waals surface area contributed by atoms with Gasteiger partial charge < -0.3 is 15.0 Å². The fourth-order valence-electron chi connectivity index (χ4n) is 3.61. The van der Waals surface area contributed by atoms with Crippen molar-refractivity contribution in [2.75, 3.05) is 26.7 Å². The van der Waals surface area contributed by atoms with Crippen molar-refractivity contribution in [3.8, 4) is 5.75 Å². The van der Waals surface area contributed by atoms with Gasteiger partial charge in [0.2, 0.25) is 5.91 Å². The summed E-state index contributed by atoms with van der Waals surface area (Å²) in [5.41, 5.74) is 1.49. The normalized spacial score (nSPS) is 18.8. The zero-order valence-electron chi connectivity index (χ0n) is 16.2. The van der Waals surface area contributed by atoms with Gasteiger partial charge in [-0.25, -0.2) is 0 Å². The topological polar surface area (TPSA) is 58.6 Å². The van der Waals surface area contributed by atoms with Crippen LogP contribution in [0.4, 0.5) is 0 Å². The molecule has 0 saturated carbocycles. The molecule has 0 aromatic heterocycles. The third kappa shape index (κ3) is 4.30. The summed E-state index contributed by atoms with van der Waals surface area (Å²) in [4.78, 5) is 27.5. The van der Waals surface area contributed by atoms with Crippen LogP contribution in [0.1, 0.15) is 35.2 Å². The number of ether oxygens (including phenoxy) is 1. The Kier molecular flexibility index (Phi) is 6.57. The lowest BCUT2D eigenvalue weighted by atomic mass is 9.88. The third-order valence-corrected chi connectivity index (χ3v) is 5.47. The van der Waals surface area contributed by atoms with E-state index in [1.54, 1.807) is 36.3 Å². The molecule has 6 heteroatoms. The van der Waals surface area contributed by atoms with Crippen molar-refractivity contribution in [1.82, 2.24) is 10.2 Å². The molecule has 1 aliphatic heterocycles. The number of carbonyl (C=O) groups is 2. The van der Waals surface area contributed by atoms with Crippen molar-refractivity contribution in [3.05, 3.63) is 64.7 Å². The number of likely N-dealkylation sites (tertiary alicyclic amines) is 1. The summed E-state index contributed by atoms with van der Waals surface area (Å²) in [6.07, 6.45) is 0.869. The van der Waals surface area contributed by atoms with E-state index in [4.69, 9.17) is 16.3 Å². The number of nitrogens with one attached hydrogen (secondary N) is 1. The minimum Gasteiger partial charge on any atom is -0.497 e. The van der Waals surface area contributed by atoms with E-state index in [1.807, 2.05) is 31.2 Å². The van der Waals surface area contributed by atoms with Crippen LogP contribution < -0.4 is 10.1 Å². The molecule has 1 aliphatic rings. The first-order valence-electron chi connectivity index (χ1n) is 9.50. The van der Waals surface area contributed by atoms with Gasteiger partial charge >= 0.3 is 0 Å². The van der Waals surface area contributed by atoms with Crippen LogP contribution in [0.2, 0.25) is 5.02 Å². The second-order valence-electron chi connectivity index (χ2n) is 6.97. The van der Waals surface area contributed by atoms with Crippen LogP contribution in [0.5, 0.6) is 5.75 Å². The average Bonchev–Trinajstić information content (AvgIpc) is 3.17. The lowest BCUT2D eigenvalue weighted by Gasteiger charge is -2.18. The lowest BCUT2D eigenvalue weighted by molar-refractivity contribution is -0.124. The first kappa shape index (κ1) is 20.2. The van der Waals surface area contributed by atoms with E-state index in [9.17, 15) is 9.59 Å². The highest BCUT2D eigenvalue weighted by atomic mass is 35.5. The van der Waals surface area contributed by atoms with E-state index in [-0.39, 0.29) is 23.7 Å². The summed E-state index contributed by atoms with van der Waals surface area (Å²) in [5, 5.41) is 3.40. The number of halogens is 1. The molecule has 2 amide bonds. The van der Waals surface area contributed by atoms with Gasteiger partial charge in [0.05, 0.1) is 23.6 Å². The van der Waals surface area contributed by atoms with Gasteiger partial charge in [0.1, 0.15) is 5.75 Å². The zero-order valence-corrected chi connectivity index (χ0v) is 16.9. The maximum atomic E-state index is 13.0. The Morgan fingerprint density at radius 2 is 1.86 bits per heavy atom. The summed E-state index contributed by atoms with van der Waals surface area (Å²) < 4.78 is 5.23. The van der Waals surface area contributed by atoms with Gasteiger partial charge in [-0.05, 0) is 36.2 Å². The van der Waals surface area contributed by atoms with Crippen molar-refractivity contribution in [2.45, 2.75) is 19.3 Å². The molecule has 1 heterocycles. The Labute approximate surface area is 170 Å². The minimum absolute atomic E-state index is 0.0165. The van der Waals surface area contributed by atoms with Crippen LogP contribution >= 0.6 is 11.6 Å². The summed E-state index contributed by atoms with van der Waals surface area (Å²) in [6.45, 7) is 3.49. The number of nitrogens with zero attached hydrogens (tertiary/aromatic N) is 1. The first-order chi connectivity index (χ1) is 13.5. The molecular weight excluding hydrogens is 376 g/mol. The highest BCUT2D eigenvalue weighted by molar-refractivity contribution is 6.33. The average molecular weight is 401 g/mol. The largest absolute Gasteiger partial charge is 0.497 e. The third-order valence-electron chi connectivity index (χ3n) is 5.14. The fraction of sp³-hybridized carbons (Fsp3) is 0.364. The molecule has 148 valence electrons. The van der Waals surface area contributed by atoms with Gasteiger partial charge in [-0.2, -0.15) is 0 Å². The van der Waals surface area contributed by atoms with Gasteiger partial charge in [0.15, 0.2) is 0 Å². The van der Waals surface area contributed by atoms with Crippen molar-refractivity contribution in [3.63, 3.8) is 0 Å². The molecule has 3 rings (SSSR count). The lowest BCUT2D eigenvalue weighted by Crippen LogP contribution is -2.36.